The Morgan fingerprint density at radius 3 is 2.65 bits per heavy atom. The lowest BCUT2D eigenvalue weighted by atomic mass is 10.2. The van der Waals surface area contributed by atoms with Crippen molar-refractivity contribution in [1.82, 2.24) is 9.97 Å². The molecular formula is C13H15N3O. The number of aliphatic hydroxyl groups excluding tert-OH is 1. The van der Waals surface area contributed by atoms with Gasteiger partial charge in [-0.25, -0.2) is 4.98 Å². The minimum atomic E-state index is -0.0308. The van der Waals surface area contributed by atoms with Gasteiger partial charge in [-0.15, -0.1) is 0 Å². The van der Waals surface area contributed by atoms with Crippen molar-refractivity contribution in [3.63, 3.8) is 0 Å². The Kier molecular flexibility index (Phi) is 3.67. The first-order valence-corrected chi connectivity index (χ1v) is 5.46. The molecule has 2 aromatic rings. The highest BCUT2D eigenvalue weighted by atomic mass is 16.3. The van der Waals surface area contributed by atoms with Crippen LogP contribution in [-0.2, 0) is 13.2 Å². The molecule has 88 valence electrons. The van der Waals surface area contributed by atoms with Gasteiger partial charge in [-0.3, -0.25) is 4.98 Å². The molecule has 0 aromatic carbocycles. The molecule has 0 unspecified atom stereocenters. The van der Waals surface area contributed by atoms with Crippen LogP contribution in [0.4, 0.5) is 5.82 Å². The first-order valence-electron chi connectivity index (χ1n) is 5.46. The third kappa shape index (κ3) is 3.01. The van der Waals surface area contributed by atoms with Crippen LogP contribution in [0.3, 0.4) is 0 Å². The summed E-state index contributed by atoms with van der Waals surface area (Å²) in [6.07, 6.45) is 3.56. The SMILES string of the molecule is CN(Cc1ccncc1)c1cccc(CO)n1. The maximum atomic E-state index is 9.04. The summed E-state index contributed by atoms with van der Waals surface area (Å²) in [7, 11) is 1.98. The van der Waals surface area contributed by atoms with Crippen LogP contribution in [0.15, 0.2) is 42.7 Å². The Morgan fingerprint density at radius 2 is 1.94 bits per heavy atom. The minimum absolute atomic E-state index is 0.0308. The largest absolute Gasteiger partial charge is 0.390 e. The molecule has 0 amide bonds. The van der Waals surface area contributed by atoms with Gasteiger partial charge in [0.2, 0.25) is 0 Å². The summed E-state index contributed by atoms with van der Waals surface area (Å²) in [6.45, 7) is 0.737. The van der Waals surface area contributed by atoms with Crippen molar-refractivity contribution in [3.05, 3.63) is 54.0 Å². The van der Waals surface area contributed by atoms with Crippen LogP contribution >= 0.6 is 0 Å². The number of hydrogen-bond donors (Lipinski definition) is 1. The number of aliphatic hydroxyl groups is 1. The Labute approximate surface area is 101 Å². The number of rotatable bonds is 4. The number of anilines is 1. The van der Waals surface area contributed by atoms with Crippen LogP contribution in [0, 0.1) is 0 Å². The summed E-state index contributed by atoms with van der Waals surface area (Å²) < 4.78 is 0. The average Bonchev–Trinajstić information content (AvgIpc) is 2.40. The second-order valence-electron chi connectivity index (χ2n) is 3.86. The van der Waals surface area contributed by atoms with E-state index in [1.165, 1.54) is 5.56 Å². The van der Waals surface area contributed by atoms with Crippen LogP contribution in [0.25, 0.3) is 0 Å². The van der Waals surface area contributed by atoms with E-state index in [0.29, 0.717) is 5.69 Å². The predicted molar refractivity (Wildman–Crippen MR) is 66.5 cm³/mol. The van der Waals surface area contributed by atoms with E-state index >= 15 is 0 Å². The molecule has 0 spiro atoms. The fraction of sp³-hybridized carbons (Fsp3) is 0.231. The number of pyridine rings is 2. The van der Waals surface area contributed by atoms with Crippen molar-refractivity contribution in [2.24, 2.45) is 0 Å². The fourth-order valence-corrected chi connectivity index (χ4v) is 1.61. The molecule has 2 heterocycles. The quantitative estimate of drug-likeness (QED) is 0.865. The monoisotopic (exact) mass is 229 g/mol. The first-order chi connectivity index (χ1) is 8.29. The Bertz CT molecular complexity index is 473. The second-order valence-corrected chi connectivity index (χ2v) is 3.86. The zero-order valence-corrected chi connectivity index (χ0v) is 9.74. The molecule has 0 aliphatic rings. The van der Waals surface area contributed by atoms with E-state index in [4.69, 9.17) is 5.11 Å². The van der Waals surface area contributed by atoms with Crippen molar-refractivity contribution in [1.29, 1.82) is 0 Å². The Hall–Kier alpha value is -1.94. The van der Waals surface area contributed by atoms with Gasteiger partial charge in [-0.2, -0.15) is 0 Å². The van der Waals surface area contributed by atoms with Gasteiger partial charge in [-0.1, -0.05) is 6.07 Å². The Morgan fingerprint density at radius 1 is 1.18 bits per heavy atom. The predicted octanol–water partition coefficient (Wildman–Crippen LogP) is 1.61. The van der Waals surface area contributed by atoms with Gasteiger partial charge in [0.15, 0.2) is 0 Å². The average molecular weight is 229 g/mol. The number of nitrogens with zero attached hydrogens (tertiary/aromatic N) is 3. The molecule has 2 rings (SSSR count). The van der Waals surface area contributed by atoms with Crippen LogP contribution in [-0.4, -0.2) is 22.1 Å². The lowest BCUT2D eigenvalue weighted by Crippen LogP contribution is -2.18. The molecule has 1 N–H and O–H groups in total. The molecule has 0 atom stereocenters. The third-order valence-corrected chi connectivity index (χ3v) is 2.51. The lowest BCUT2D eigenvalue weighted by Gasteiger charge is -2.18. The number of hydrogen-bond acceptors (Lipinski definition) is 4. The van der Waals surface area contributed by atoms with Gasteiger partial charge in [0, 0.05) is 26.0 Å². The van der Waals surface area contributed by atoms with E-state index < -0.39 is 0 Å². The van der Waals surface area contributed by atoms with Gasteiger partial charge < -0.3 is 10.0 Å². The molecular weight excluding hydrogens is 214 g/mol. The summed E-state index contributed by atoms with van der Waals surface area (Å²) in [4.78, 5) is 10.4. The second kappa shape index (κ2) is 5.41. The molecule has 0 bridgehead atoms. The van der Waals surface area contributed by atoms with Gasteiger partial charge >= 0.3 is 0 Å². The topological polar surface area (TPSA) is 49.2 Å². The molecule has 4 nitrogen and oxygen atoms in total. The van der Waals surface area contributed by atoms with Crippen molar-refractivity contribution in [2.45, 2.75) is 13.2 Å². The first kappa shape index (κ1) is 11.5. The standard InChI is InChI=1S/C13H15N3O/c1-16(9-11-5-7-14-8-6-11)13-4-2-3-12(10-17)15-13/h2-8,17H,9-10H2,1H3. The highest BCUT2D eigenvalue weighted by Gasteiger charge is 2.04. The fourth-order valence-electron chi connectivity index (χ4n) is 1.61. The van der Waals surface area contributed by atoms with Gasteiger partial charge in [0.25, 0.3) is 0 Å². The summed E-state index contributed by atoms with van der Waals surface area (Å²) in [5.41, 5.74) is 1.86. The van der Waals surface area contributed by atoms with E-state index in [1.54, 1.807) is 12.4 Å². The van der Waals surface area contributed by atoms with Crippen LogP contribution < -0.4 is 4.90 Å². The van der Waals surface area contributed by atoms with E-state index in [9.17, 15) is 0 Å². The highest BCUT2D eigenvalue weighted by molar-refractivity contribution is 5.39. The highest BCUT2D eigenvalue weighted by Crippen LogP contribution is 2.12. The van der Waals surface area contributed by atoms with Gasteiger partial charge in [0.05, 0.1) is 12.3 Å². The van der Waals surface area contributed by atoms with Crippen LogP contribution in [0.2, 0.25) is 0 Å². The zero-order valence-electron chi connectivity index (χ0n) is 9.74. The summed E-state index contributed by atoms with van der Waals surface area (Å²) in [6, 6.07) is 9.60. The van der Waals surface area contributed by atoms with E-state index in [0.717, 1.165) is 12.4 Å². The van der Waals surface area contributed by atoms with E-state index in [1.807, 2.05) is 42.3 Å². The third-order valence-electron chi connectivity index (χ3n) is 2.51. The van der Waals surface area contributed by atoms with Gasteiger partial charge in [0.1, 0.15) is 5.82 Å². The normalized spacial score (nSPS) is 10.2. The molecule has 0 aliphatic carbocycles. The maximum Gasteiger partial charge on any atom is 0.128 e. The van der Waals surface area contributed by atoms with Crippen LogP contribution in [0.1, 0.15) is 11.3 Å². The minimum Gasteiger partial charge on any atom is -0.390 e. The Balaban J connectivity index is 2.11. The van der Waals surface area contributed by atoms with Crippen LogP contribution in [0.5, 0.6) is 0 Å². The molecule has 0 fully saturated rings. The number of aromatic nitrogens is 2. The van der Waals surface area contributed by atoms with Crippen molar-refractivity contribution in [2.75, 3.05) is 11.9 Å². The van der Waals surface area contributed by atoms with Gasteiger partial charge in [-0.05, 0) is 29.8 Å². The molecule has 0 saturated carbocycles. The van der Waals surface area contributed by atoms with E-state index in [2.05, 4.69) is 9.97 Å². The van der Waals surface area contributed by atoms with Crippen molar-refractivity contribution >= 4 is 5.82 Å². The summed E-state index contributed by atoms with van der Waals surface area (Å²) in [5.74, 6) is 0.855. The summed E-state index contributed by atoms with van der Waals surface area (Å²) in [5, 5.41) is 9.04. The molecule has 0 radical (unpaired) electrons. The van der Waals surface area contributed by atoms with E-state index in [-0.39, 0.29) is 6.61 Å². The molecule has 4 heteroatoms. The molecule has 0 aliphatic heterocycles. The molecule has 17 heavy (non-hydrogen) atoms. The van der Waals surface area contributed by atoms with Crippen molar-refractivity contribution < 1.29 is 5.11 Å². The lowest BCUT2D eigenvalue weighted by molar-refractivity contribution is 0.277. The molecule has 2 aromatic heterocycles. The summed E-state index contributed by atoms with van der Waals surface area (Å²) >= 11 is 0. The zero-order chi connectivity index (χ0) is 12.1. The maximum absolute atomic E-state index is 9.04. The smallest absolute Gasteiger partial charge is 0.128 e. The molecule has 0 saturated heterocycles. The van der Waals surface area contributed by atoms with Crippen molar-refractivity contribution in [3.8, 4) is 0 Å².